The third kappa shape index (κ3) is 6.29. The smallest absolute Gasteiger partial charge is 0.416 e. The summed E-state index contributed by atoms with van der Waals surface area (Å²) < 4.78 is 49.9. The molecule has 2 aliphatic rings. The van der Waals surface area contributed by atoms with Gasteiger partial charge in [-0.05, 0) is 70.0 Å². The van der Waals surface area contributed by atoms with Crippen molar-refractivity contribution in [1.29, 1.82) is 0 Å². The van der Waals surface area contributed by atoms with Gasteiger partial charge in [0.25, 0.3) is 5.91 Å². The first-order chi connectivity index (χ1) is 18.1. The lowest BCUT2D eigenvalue weighted by Gasteiger charge is -2.39. The van der Waals surface area contributed by atoms with Gasteiger partial charge in [0.1, 0.15) is 11.3 Å². The van der Waals surface area contributed by atoms with Gasteiger partial charge in [0.2, 0.25) is 5.91 Å². The Morgan fingerprint density at radius 3 is 2.50 bits per heavy atom. The summed E-state index contributed by atoms with van der Waals surface area (Å²) in [5.74, 6) is -0.937. The molecule has 2 fully saturated rings. The maximum Gasteiger partial charge on any atom is 0.416 e. The number of alkyl halides is 3. The van der Waals surface area contributed by atoms with E-state index in [0.29, 0.717) is 58.5 Å². The molecule has 206 valence electrons. The molecule has 12 heteroatoms. The van der Waals surface area contributed by atoms with Gasteiger partial charge in [-0.3, -0.25) is 9.59 Å². The molecule has 0 spiro atoms. The zero-order valence-corrected chi connectivity index (χ0v) is 21.0. The summed E-state index contributed by atoms with van der Waals surface area (Å²) in [5, 5.41) is 9.04. The van der Waals surface area contributed by atoms with Gasteiger partial charge in [0.15, 0.2) is 5.76 Å². The standard InChI is InChI=1S/C26H31F3N4O5/c1-2-37-24(36)33-14-8-19(9-15-33)31-23(35)25(10-12-30-13-11-25)32-22(34)21-7-6-20(38-21)17-4-3-5-18(16-17)26(27,28)29/h3-7,16,19,30H,2,8-15H2,1H3,(H,31,35)(H,32,34). The van der Waals surface area contributed by atoms with Crippen LogP contribution in [0, 0.1) is 0 Å². The fourth-order valence-corrected chi connectivity index (χ4v) is 4.75. The van der Waals surface area contributed by atoms with E-state index >= 15 is 0 Å². The highest BCUT2D eigenvalue weighted by Crippen LogP contribution is 2.33. The van der Waals surface area contributed by atoms with E-state index in [1.54, 1.807) is 11.8 Å². The van der Waals surface area contributed by atoms with Gasteiger partial charge in [-0.15, -0.1) is 0 Å². The predicted molar refractivity (Wildman–Crippen MR) is 131 cm³/mol. The van der Waals surface area contributed by atoms with Crippen LogP contribution in [0.3, 0.4) is 0 Å². The largest absolute Gasteiger partial charge is 0.451 e. The summed E-state index contributed by atoms with van der Waals surface area (Å²) in [6.45, 7) is 3.98. The second-order valence-corrected chi connectivity index (χ2v) is 9.46. The number of carbonyl (C=O) groups excluding carboxylic acids is 3. The van der Waals surface area contributed by atoms with Crippen molar-refractivity contribution in [2.24, 2.45) is 0 Å². The van der Waals surface area contributed by atoms with Crippen LogP contribution in [0.15, 0.2) is 40.8 Å². The number of hydrogen-bond acceptors (Lipinski definition) is 6. The number of ether oxygens (including phenoxy) is 1. The molecule has 0 saturated carbocycles. The van der Waals surface area contributed by atoms with Gasteiger partial charge < -0.3 is 30.0 Å². The third-order valence-corrected chi connectivity index (χ3v) is 6.90. The average Bonchev–Trinajstić information content (AvgIpc) is 3.40. The Kier molecular flexibility index (Phi) is 8.29. The van der Waals surface area contributed by atoms with E-state index in [4.69, 9.17) is 9.15 Å². The molecule has 1 aromatic heterocycles. The van der Waals surface area contributed by atoms with E-state index in [1.807, 2.05) is 0 Å². The minimum atomic E-state index is -4.51. The molecule has 3 heterocycles. The van der Waals surface area contributed by atoms with E-state index < -0.39 is 23.2 Å². The molecule has 9 nitrogen and oxygen atoms in total. The van der Waals surface area contributed by atoms with Crippen molar-refractivity contribution in [2.75, 3.05) is 32.8 Å². The Morgan fingerprint density at radius 1 is 1.13 bits per heavy atom. The third-order valence-electron chi connectivity index (χ3n) is 6.90. The lowest BCUT2D eigenvalue weighted by molar-refractivity contribution is -0.137. The van der Waals surface area contributed by atoms with Gasteiger partial charge in [-0.25, -0.2) is 4.79 Å². The SMILES string of the molecule is CCOC(=O)N1CCC(NC(=O)C2(NC(=O)c3ccc(-c4cccc(C(F)(F)F)c4)o3)CCNCC2)CC1. The quantitative estimate of drug-likeness (QED) is 0.521. The van der Waals surface area contributed by atoms with E-state index in [9.17, 15) is 27.6 Å². The van der Waals surface area contributed by atoms with Crippen molar-refractivity contribution in [3.05, 3.63) is 47.7 Å². The highest BCUT2D eigenvalue weighted by atomic mass is 19.4. The number of amides is 3. The molecule has 2 saturated heterocycles. The zero-order valence-electron chi connectivity index (χ0n) is 21.0. The summed E-state index contributed by atoms with van der Waals surface area (Å²) in [6.07, 6.45) is -3.05. The van der Waals surface area contributed by atoms with Gasteiger partial charge in [-0.1, -0.05) is 12.1 Å². The van der Waals surface area contributed by atoms with Crippen LogP contribution in [0.4, 0.5) is 18.0 Å². The molecule has 2 aromatic rings. The van der Waals surface area contributed by atoms with Crippen molar-refractivity contribution in [1.82, 2.24) is 20.9 Å². The normalized spacial score (nSPS) is 18.1. The molecule has 3 amide bonds. The second kappa shape index (κ2) is 11.5. The number of hydrogen-bond donors (Lipinski definition) is 3. The number of nitrogens with one attached hydrogen (secondary N) is 3. The summed E-state index contributed by atoms with van der Waals surface area (Å²) in [4.78, 5) is 40.1. The van der Waals surface area contributed by atoms with E-state index in [-0.39, 0.29) is 35.1 Å². The van der Waals surface area contributed by atoms with Crippen LogP contribution in [0.1, 0.15) is 48.7 Å². The first-order valence-electron chi connectivity index (χ1n) is 12.6. The van der Waals surface area contributed by atoms with E-state index in [2.05, 4.69) is 16.0 Å². The Hall–Kier alpha value is -3.54. The van der Waals surface area contributed by atoms with Crippen molar-refractivity contribution in [3.8, 4) is 11.3 Å². The molecule has 38 heavy (non-hydrogen) atoms. The number of piperidine rings is 2. The number of rotatable bonds is 6. The summed E-state index contributed by atoms with van der Waals surface area (Å²) in [5.41, 5.74) is -1.82. The minimum absolute atomic E-state index is 0.106. The van der Waals surface area contributed by atoms with Crippen LogP contribution in [-0.2, 0) is 15.7 Å². The average molecular weight is 537 g/mol. The molecule has 0 atom stereocenters. The number of carbonyl (C=O) groups is 3. The van der Waals surface area contributed by atoms with Crippen LogP contribution in [0.2, 0.25) is 0 Å². The Bertz CT molecular complexity index is 1150. The van der Waals surface area contributed by atoms with Crippen molar-refractivity contribution < 1.29 is 36.7 Å². The van der Waals surface area contributed by atoms with Crippen LogP contribution >= 0.6 is 0 Å². The summed E-state index contributed by atoms with van der Waals surface area (Å²) >= 11 is 0. The van der Waals surface area contributed by atoms with Gasteiger partial charge in [0, 0.05) is 24.7 Å². The topological polar surface area (TPSA) is 113 Å². The first kappa shape index (κ1) is 27.5. The van der Waals surface area contributed by atoms with Crippen molar-refractivity contribution in [2.45, 2.75) is 50.4 Å². The number of halogens is 3. The highest BCUT2D eigenvalue weighted by Gasteiger charge is 2.42. The Morgan fingerprint density at radius 2 is 1.84 bits per heavy atom. The van der Waals surface area contributed by atoms with E-state index in [0.717, 1.165) is 12.1 Å². The number of likely N-dealkylation sites (tertiary alicyclic amines) is 1. The van der Waals surface area contributed by atoms with Crippen LogP contribution in [-0.4, -0.2) is 67.2 Å². The maximum absolute atomic E-state index is 13.4. The van der Waals surface area contributed by atoms with Gasteiger partial charge >= 0.3 is 12.3 Å². The molecule has 1 aromatic carbocycles. The first-order valence-corrected chi connectivity index (χ1v) is 12.6. The fraction of sp³-hybridized carbons (Fsp3) is 0.500. The number of benzene rings is 1. The lowest BCUT2D eigenvalue weighted by atomic mass is 9.86. The van der Waals surface area contributed by atoms with Crippen molar-refractivity contribution in [3.63, 3.8) is 0 Å². The lowest BCUT2D eigenvalue weighted by Crippen LogP contribution is -2.64. The fourth-order valence-electron chi connectivity index (χ4n) is 4.75. The summed E-state index contributed by atoms with van der Waals surface area (Å²) in [6, 6.07) is 7.29. The molecule has 0 bridgehead atoms. The molecule has 0 aliphatic carbocycles. The predicted octanol–water partition coefficient (Wildman–Crippen LogP) is 3.55. The monoisotopic (exact) mass is 536 g/mol. The Labute approximate surface area is 218 Å². The zero-order chi connectivity index (χ0) is 27.3. The summed E-state index contributed by atoms with van der Waals surface area (Å²) in [7, 11) is 0. The minimum Gasteiger partial charge on any atom is -0.451 e. The molecule has 0 radical (unpaired) electrons. The Balaban J connectivity index is 1.43. The second-order valence-electron chi connectivity index (χ2n) is 9.46. The van der Waals surface area contributed by atoms with Crippen LogP contribution < -0.4 is 16.0 Å². The molecular weight excluding hydrogens is 505 g/mol. The van der Waals surface area contributed by atoms with Crippen molar-refractivity contribution >= 4 is 17.9 Å². The number of furan rings is 1. The van der Waals surface area contributed by atoms with Gasteiger partial charge in [-0.2, -0.15) is 13.2 Å². The number of nitrogens with zero attached hydrogens (tertiary/aromatic N) is 1. The van der Waals surface area contributed by atoms with Crippen LogP contribution in [0.5, 0.6) is 0 Å². The molecule has 2 aliphatic heterocycles. The molecule has 3 N–H and O–H groups in total. The van der Waals surface area contributed by atoms with E-state index in [1.165, 1.54) is 24.3 Å². The maximum atomic E-state index is 13.4. The molecule has 0 unspecified atom stereocenters. The molecular formula is C26H31F3N4O5. The van der Waals surface area contributed by atoms with Gasteiger partial charge in [0.05, 0.1) is 12.2 Å². The van der Waals surface area contributed by atoms with Crippen LogP contribution in [0.25, 0.3) is 11.3 Å². The highest BCUT2D eigenvalue weighted by molar-refractivity contribution is 5.98. The molecule has 4 rings (SSSR count).